The van der Waals surface area contributed by atoms with Crippen molar-refractivity contribution in [1.82, 2.24) is 20.2 Å². The van der Waals surface area contributed by atoms with Crippen molar-refractivity contribution in [3.05, 3.63) is 18.5 Å². The monoisotopic (exact) mass is 279 g/mol. The van der Waals surface area contributed by atoms with Gasteiger partial charge in [-0.25, -0.2) is 9.97 Å². The van der Waals surface area contributed by atoms with E-state index in [0.717, 1.165) is 32.8 Å². The predicted octanol–water partition coefficient (Wildman–Crippen LogP) is -0.273. The third kappa shape index (κ3) is 5.50. The van der Waals surface area contributed by atoms with Gasteiger partial charge in [0.15, 0.2) is 0 Å². The van der Waals surface area contributed by atoms with Gasteiger partial charge in [0.05, 0.1) is 13.2 Å². The van der Waals surface area contributed by atoms with E-state index in [4.69, 9.17) is 4.74 Å². The second kappa shape index (κ2) is 8.44. The first kappa shape index (κ1) is 14.7. The molecule has 0 saturated carbocycles. The molecule has 110 valence electrons. The smallest absolute Gasteiger partial charge is 0.222 e. The van der Waals surface area contributed by atoms with Crippen molar-refractivity contribution >= 4 is 11.9 Å². The Balaban J connectivity index is 1.52. The zero-order valence-corrected chi connectivity index (χ0v) is 11.5. The highest BCUT2D eigenvalue weighted by molar-refractivity contribution is 5.76. The molecule has 0 radical (unpaired) electrons. The maximum atomic E-state index is 11.6. The largest absolute Gasteiger partial charge is 0.379 e. The zero-order chi connectivity index (χ0) is 14.0. The van der Waals surface area contributed by atoms with E-state index in [-0.39, 0.29) is 5.91 Å². The van der Waals surface area contributed by atoms with E-state index in [9.17, 15) is 4.79 Å². The predicted molar refractivity (Wildman–Crippen MR) is 75.4 cm³/mol. The van der Waals surface area contributed by atoms with Crippen LogP contribution in [-0.4, -0.2) is 66.7 Å². The fraction of sp³-hybridized carbons (Fsp3) is 0.615. The number of carbonyl (C=O) groups is 1. The minimum absolute atomic E-state index is 0.0432. The van der Waals surface area contributed by atoms with Crippen LogP contribution in [0.15, 0.2) is 18.5 Å². The van der Waals surface area contributed by atoms with E-state index in [1.807, 2.05) is 0 Å². The summed E-state index contributed by atoms with van der Waals surface area (Å²) in [5, 5.41) is 5.92. The molecule has 0 atom stereocenters. The van der Waals surface area contributed by atoms with Crippen molar-refractivity contribution < 1.29 is 9.53 Å². The Morgan fingerprint density at radius 3 is 2.75 bits per heavy atom. The van der Waals surface area contributed by atoms with Gasteiger partial charge >= 0.3 is 0 Å². The maximum Gasteiger partial charge on any atom is 0.222 e. The molecule has 1 saturated heterocycles. The lowest BCUT2D eigenvalue weighted by Gasteiger charge is -2.26. The van der Waals surface area contributed by atoms with Crippen LogP contribution in [0, 0.1) is 0 Å². The highest BCUT2D eigenvalue weighted by atomic mass is 16.5. The number of nitrogens with zero attached hydrogens (tertiary/aromatic N) is 3. The number of ether oxygens (including phenoxy) is 1. The van der Waals surface area contributed by atoms with Crippen molar-refractivity contribution in [2.75, 3.05) is 51.3 Å². The normalized spacial score (nSPS) is 15.8. The van der Waals surface area contributed by atoms with E-state index in [1.165, 1.54) is 0 Å². The Labute approximate surface area is 118 Å². The SMILES string of the molecule is O=C(CCNc1ncccn1)NCCN1CCOCC1. The molecule has 2 rings (SSSR count). The third-order valence-corrected chi connectivity index (χ3v) is 3.05. The molecular formula is C13H21N5O2. The Hall–Kier alpha value is -1.73. The summed E-state index contributed by atoms with van der Waals surface area (Å²) >= 11 is 0. The molecule has 0 aromatic carbocycles. The van der Waals surface area contributed by atoms with Gasteiger partial charge in [0.25, 0.3) is 0 Å². The average molecular weight is 279 g/mol. The van der Waals surface area contributed by atoms with Crippen molar-refractivity contribution in [3.63, 3.8) is 0 Å². The summed E-state index contributed by atoms with van der Waals surface area (Å²) < 4.78 is 5.27. The van der Waals surface area contributed by atoms with Gasteiger partial charge in [-0.3, -0.25) is 9.69 Å². The third-order valence-electron chi connectivity index (χ3n) is 3.05. The first-order chi connectivity index (χ1) is 9.84. The molecule has 0 bridgehead atoms. The number of nitrogens with one attached hydrogen (secondary N) is 2. The van der Waals surface area contributed by atoms with Gasteiger partial charge < -0.3 is 15.4 Å². The Morgan fingerprint density at radius 1 is 1.25 bits per heavy atom. The van der Waals surface area contributed by atoms with E-state index in [0.29, 0.717) is 25.5 Å². The van der Waals surface area contributed by atoms with Gasteiger partial charge in [-0.15, -0.1) is 0 Å². The number of amides is 1. The molecule has 1 aliphatic rings. The lowest BCUT2D eigenvalue weighted by molar-refractivity contribution is -0.120. The van der Waals surface area contributed by atoms with Gasteiger partial charge in [-0.05, 0) is 6.07 Å². The Morgan fingerprint density at radius 2 is 2.00 bits per heavy atom. The first-order valence-electron chi connectivity index (χ1n) is 6.92. The lowest BCUT2D eigenvalue weighted by atomic mass is 10.3. The molecule has 0 spiro atoms. The standard InChI is InChI=1S/C13H21N5O2/c19-12(2-5-17-13-15-3-1-4-16-13)14-6-7-18-8-10-20-11-9-18/h1,3-4H,2,5-11H2,(H,14,19)(H,15,16,17). The molecule has 1 aromatic rings. The molecule has 7 nitrogen and oxygen atoms in total. The van der Waals surface area contributed by atoms with Gasteiger partial charge in [0.2, 0.25) is 11.9 Å². The van der Waals surface area contributed by atoms with Gasteiger partial charge in [-0.2, -0.15) is 0 Å². The Bertz CT molecular complexity index is 395. The number of anilines is 1. The number of aromatic nitrogens is 2. The Kier molecular flexibility index (Phi) is 6.19. The summed E-state index contributed by atoms with van der Waals surface area (Å²) in [6.45, 7) is 5.56. The van der Waals surface area contributed by atoms with Crippen LogP contribution in [0.2, 0.25) is 0 Å². The van der Waals surface area contributed by atoms with Crippen LogP contribution in [0.1, 0.15) is 6.42 Å². The van der Waals surface area contributed by atoms with Crippen molar-refractivity contribution in [2.45, 2.75) is 6.42 Å². The maximum absolute atomic E-state index is 11.6. The van der Waals surface area contributed by atoms with Crippen LogP contribution in [0.4, 0.5) is 5.95 Å². The highest BCUT2D eigenvalue weighted by Gasteiger charge is 2.09. The van der Waals surface area contributed by atoms with Crippen molar-refractivity contribution in [3.8, 4) is 0 Å². The number of carbonyl (C=O) groups excluding carboxylic acids is 1. The van der Waals surface area contributed by atoms with Gasteiger partial charge in [0.1, 0.15) is 0 Å². The van der Waals surface area contributed by atoms with Gasteiger partial charge in [-0.1, -0.05) is 0 Å². The second-order valence-electron chi connectivity index (χ2n) is 4.55. The first-order valence-corrected chi connectivity index (χ1v) is 6.92. The fourth-order valence-corrected chi connectivity index (χ4v) is 1.94. The fourth-order valence-electron chi connectivity index (χ4n) is 1.94. The molecule has 20 heavy (non-hydrogen) atoms. The van der Waals surface area contributed by atoms with Crippen LogP contribution in [0.25, 0.3) is 0 Å². The van der Waals surface area contributed by atoms with E-state index >= 15 is 0 Å². The minimum Gasteiger partial charge on any atom is -0.379 e. The van der Waals surface area contributed by atoms with E-state index in [1.54, 1.807) is 18.5 Å². The van der Waals surface area contributed by atoms with Crippen LogP contribution < -0.4 is 10.6 Å². The topological polar surface area (TPSA) is 79.4 Å². The van der Waals surface area contributed by atoms with E-state index in [2.05, 4.69) is 25.5 Å². The molecule has 1 aliphatic heterocycles. The molecule has 2 heterocycles. The second-order valence-corrected chi connectivity index (χ2v) is 4.55. The van der Waals surface area contributed by atoms with Crippen molar-refractivity contribution in [2.24, 2.45) is 0 Å². The minimum atomic E-state index is 0.0432. The van der Waals surface area contributed by atoms with Crippen LogP contribution in [-0.2, 0) is 9.53 Å². The number of hydrogen-bond donors (Lipinski definition) is 2. The summed E-state index contributed by atoms with van der Waals surface area (Å²) in [5.41, 5.74) is 0. The number of rotatable bonds is 7. The highest BCUT2D eigenvalue weighted by Crippen LogP contribution is 1.95. The molecule has 1 amide bonds. The lowest BCUT2D eigenvalue weighted by Crippen LogP contribution is -2.41. The summed E-state index contributed by atoms with van der Waals surface area (Å²) in [7, 11) is 0. The summed E-state index contributed by atoms with van der Waals surface area (Å²) in [6, 6.07) is 1.75. The van der Waals surface area contributed by atoms with Crippen LogP contribution >= 0.6 is 0 Å². The molecule has 1 fully saturated rings. The zero-order valence-electron chi connectivity index (χ0n) is 11.5. The quantitative estimate of drug-likeness (QED) is 0.715. The number of morpholine rings is 1. The summed E-state index contributed by atoms with van der Waals surface area (Å²) in [4.78, 5) is 22.0. The van der Waals surface area contributed by atoms with Gasteiger partial charge in [0, 0.05) is 51.5 Å². The van der Waals surface area contributed by atoms with Crippen LogP contribution in [0.3, 0.4) is 0 Å². The average Bonchev–Trinajstić information content (AvgIpc) is 2.49. The molecule has 0 unspecified atom stereocenters. The molecule has 2 N–H and O–H groups in total. The summed E-state index contributed by atoms with van der Waals surface area (Å²) in [6.07, 6.45) is 3.75. The van der Waals surface area contributed by atoms with Crippen LogP contribution in [0.5, 0.6) is 0 Å². The van der Waals surface area contributed by atoms with E-state index < -0.39 is 0 Å². The molecule has 7 heteroatoms. The summed E-state index contributed by atoms with van der Waals surface area (Å²) in [5.74, 6) is 0.593. The molecule has 0 aliphatic carbocycles. The molecule has 1 aromatic heterocycles. The molecular weight excluding hydrogens is 258 g/mol. The number of hydrogen-bond acceptors (Lipinski definition) is 6. The van der Waals surface area contributed by atoms with Crippen molar-refractivity contribution in [1.29, 1.82) is 0 Å².